The van der Waals surface area contributed by atoms with Gasteiger partial charge in [-0.3, -0.25) is 0 Å². The third kappa shape index (κ3) is 11.5. The Morgan fingerprint density at radius 1 is 0.722 bits per heavy atom. The van der Waals surface area contributed by atoms with Crippen molar-refractivity contribution in [2.24, 2.45) is 0 Å². The maximum Gasteiger partial charge on any atom is 0.0991 e. The Balaban J connectivity index is 0.000000236. The molecule has 1 heterocycles. The average molecular weight is 500 g/mol. The first-order valence-corrected chi connectivity index (χ1v) is 14.9. The van der Waals surface area contributed by atoms with E-state index in [2.05, 4.69) is 69.3 Å². The van der Waals surface area contributed by atoms with Crippen molar-refractivity contribution >= 4 is 11.8 Å². The van der Waals surface area contributed by atoms with Gasteiger partial charge in [0.2, 0.25) is 0 Å². The second-order valence-corrected chi connectivity index (χ2v) is 10.6. The summed E-state index contributed by atoms with van der Waals surface area (Å²) in [5.41, 5.74) is 5.23. The van der Waals surface area contributed by atoms with Gasteiger partial charge in [0.25, 0.3) is 0 Å². The molecule has 2 heteroatoms. The molecule has 0 radical (unpaired) electrons. The number of fused-ring (bicyclic) bond motifs is 1. The van der Waals surface area contributed by atoms with Gasteiger partial charge in [-0.25, -0.2) is 0 Å². The van der Waals surface area contributed by atoms with E-state index < -0.39 is 0 Å². The Labute approximate surface area is 225 Å². The van der Waals surface area contributed by atoms with Crippen molar-refractivity contribution in [3.63, 3.8) is 0 Å². The maximum absolute atomic E-state index is 8.29. The highest BCUT2D eigenvalue weighted by Gasteiger charge is 2.20. The van der Waals surface area contributed by atoms with Crippen LogP contribution in [0, 0.1) is 11.3 Å². The molecule has 0 saturated heterocycles. The Morgan fingerprint density at radius 2 is 1.33 bits per heavy atom. The molecule has 3 aromatic rings. The Kier molecular flexibility index (Phi) is 15.5. The minimum atomic E-state index is 0.676. The number of hydrogen-bond donors (Lipinski definition) is 0. The molecule has 1 nitrogen and oxygen atoms in total. The minimum absolute atomic E-state index is 0.676. The minimum Gasteiger partial charge on any atom is -0.192 e. The quantitative estimate of drug-likeness (QED) is 0.273. The van der Waals surface area contributed by atoms with Gasteiger partial charge in [0.15, 0.2) is 0 Å². The Hall–Kier alpha value is -2.50. The highest BCUT2D eigenvalue weighted by Crippen LogP contribution is 2.37. The van der Waals surface area contributed by atoms with Crippen LogP contribution >= 0.6 is 11.8 Å². The lowest BCUT2D eigenvalue weighted by molar-refractivity contribution is 0.624. The second-order valence-electron chi connectivity index (χ2n) is 9.56. The van der Waals surface area contributed by atoms with E-state index in [-0.39, 0.29) is 0 Å². The molecule has 0 aliphatic carbocycles. The first-order chi connectivity index (χ1) is 17.7. The molecule has 0 amide bonds. The van der Waals surface area contributed by atoms with Crippen LogP contribution < -0.4 is 0 Å². The van der Waals surface area contributed by atoms with Gasteiger partial charge < -0.3 is 0 Å². The van der Waals surface area contributed by atoms with E-state index in [0.717, 1.165) is 0 Å². The van der Waals surface area contributed by atoms with Gasteiger partial charge in [-0.05, 0) is 60.1 Å². The van der Waals surface area contributed by atoms with E-state index in [1.54, 1.807) is 12.1 Å². The molecule has 0 aromatic heterocycles. The van der Waals surface area contributed by atoms with Crippen LogP contribution in [0.5, 0.6) is 0 Å². The number of benzene rings is 3. The number of rotatable bonds is 9. The van der Waals surface area contributed by atoms with Crippen LogP contribution in [-0.2, 0) is 12.8 Å². The van der Waals surface area contributed by atoms with Crippen molar-refractivity contribution in [1.82, 2.24) is 0 Å². The summed E-state index contributed by atoms with van der Waals surface area (Å²) >= 11 is 2.01. The second kappa shape index (κ2) is 18.7. The third-order valence-electron chi connectivity index (χ3n) is 6.51. The smallest absolute Gasteiger partial charge is 0.0991 e. The van der Waals surface area contributed by atoms with Crippen LogP contribution in [-0.4, -0.2) is 5.75 Å². The van der Waals surface area contributed by atoms with Crippen LogP contribution in [0.25, 0.3) is 0 Å². The lowest BCUT2D eigenvalue weighted by atomic mass is 9.92. The normalized spacial score (nSPS) is 13.8. The lowest BCUT2D eigenvalue weighted by Gasteiger charge is -2.24. The predicted octanol–water partition coefficient (Wildman–Crippen LogP) is 10.4. The van der Waals surface area contributed by atoms with Gasteiger partial charge in [0.1, 0.15) is 0 Å². The van der Waals surface area contributed by atoms with E-state index in [1.807, 2.05) is 36.0 Å². The molecule has 0 fully saturated rings. The molecular formula is C34H45NS. The van der Waals surface area contributed by atoms with Crippen molar-refractivity contribution in [3.05, 3.63) is 101 Å². The van der Waals surface area contributed by atoms with Crippen molar-refractivity contribution in [3.8, 4) is 6.07 Å². The first kappa shape index (κ1) is 29.7. The molecule has 0 bridgehead atoms. The van der Waals surface area contributed by atoms with Crippen molar-refractivity contribution in [2.45, 2.75) is 95.8 Å². The molecule has 0 spiro atoms. The molecule has 0 N–H and O–H groups in total. The maximum atomic E-state index is 8.29. The Morgan fingerprint density at radius 3 is 1.92 bits per heavy atom. The van der Waals surface area contributed by atoms with Gasteiger partial charge in [0.05, 0.1) is 11.6 Å². The number of hydrogen-bond acceptors (Lipinski definition) is 2. The topological polar surface area (TPSA) is 23.8 Å². The van der Waals surface area contributed by atoms with Crippen LogP contribution in [0.3, 0.4) is 0 Å². The summed E-state index contributed by atoms with van der Waals surface area (Å²) in [6.07, 6.45) is 13.5. The first-order valence-electron chi connectivity index (χ1n) is 14.0. The molecule has 192 valence electrons. The number of aryl methyl sites for hydroxylation is 1. The summed E-state index contributed by atoms with van der Waals surface area (Å²) in [6.45, 7) is 6.77. The van der Waals surface area contributed by atoms with E-state index in [9.17, 15) is 0 Å². The van der Waals surface area contributed by atoms with Crippen molar-refractivity contribution in [1.29, 1.82) is 5.26 Å². The molecule has 0 unspecified atom stereocenters. The molecular weight excluding hydrogens is 454 g/mol. The summed E-state index contributed by atoms with van der Waals surface area (Å²) in [5.74, 6) is 1.89. The molecule has 0 saturated carbocycles. The summed E-state index contributed by atoms with van der Waals surface area (Å²) in [4.78, 5) is 1.48. The van der Waals surface area contributed by atoms with E-state index in [4.69, 9.17) is 5.26 Å². The average Bonchev–Trinajstić information content (AvgIpc) is 2.95. The van der Waals surface area contributed by atoms with E-state index in [1.165, 1.54) is 91.5 Å². The molecule has 1 atom stereocenters. The van der Waals surface area contributed by atoms with E-state index >= 15 is 0 Å². The molecule has 1 aliphatic heterocycles. The van der Waals surface area contributed by atoms with Crippen molar-refractivity contribution in [2.75, 3.05) is 5.75 Å². The van der Waals surface area contributed by atoms with Gasteiger partial charge >= 0.3 is 0 Å². The zero-order valence-electron chi connectivity index (χ0n) is 22.7. The van der Waals surface area contributed by atoms with Gasteiger partial charge in [-0.2, -0.15) is 5.26 Å². The summed E-state index contributed by atoms with van der Waals surface area (Å²) in [7, 11) is 0. The highest BCUT2D eigenvalue weighted by atomic mass is 32.2. The number of thioether (sulfide) groups is 1. The standard InChI is InChI=1S/C19H22S.C8H18.C7H5N/c1-2-3-6-15-9-11-16(12-10-15)18-13-17-7-4-5-8-19(17)20-14-18;1-3-5-7-8-6-4-2;8-6-7-4-2-1-3-5-7/h4-5,7-12,18H,2-3,6,13-14H2,1H3;3-8H2,1-2H3;1-5H/t18-;;/m1../s1. The van der Waals surface area contributed by atoms with Crippen LogP contribution in [0.1, 0.15) is 100 Å². The zero-order valence-corrected chi connectivity index (χ0v) is 23.5. The summed E-state index contributed by atoms with van der Waals surface area (Å²) < 4.78 is 0. The largest absolute Gasteiger partial charge is 0.192 e. The fourth-order valence-electron chi connectivity index (χ4n) is 4.25. The van der Waals surface area contributed by atoms with Crippen LogP contribution in [0.2, 0.25) is 0 Å². The SMILES string of the molecule is CCCCCCCC.CCCCc1ccc([C@H]2CSc3ccccc3C2)cc1.N#Cc1ccccc1. The predicted molar refractivity (Wildman–Crippen MR) is 159 cm³/mol. The fourth-order valence-corrected chi connectivity index (χ4v) is 5.45. The molecule has 3 aromatic carbocycles. The van der Waals surface area contributed by atoms with E-state index in [0.29, 0.717) is 11.5 Å². The van der Waals surface area contributed by atoms with Gasteiger partial charge in [-0.15, -0.1) is 11.8 Å². The Bertz CT molecular complexity index is 982. The van der Waals surface area contributed by atoms with Crippen molar-refractivity contribution < 1.29 is 0 Å². The number of nitriles is 1. The monoisotopic (exact) mass is 499 g/mol. The highest BCUT2D eigenvalue weighted by molar-refractivity contribution is 7.99. The third-order valence-corrected chi connectivity index (χ3v) is 7.79. The molecule has 4 rings (SSSR count). The van der Waals surface area contributed by atoms with Gasteiger partial charge in [0, 0.05) is 10.6 Å². The lowest BCUT2D eigenvalue weighted by Crippen LogP contribution is -2.11. The summed E-state index contributed by atoms with van der Waals surface area (Å²) in [5, 5.41) is 8.29. The zero-order chi connectivity index (χ0) is 25.8. The van der Waals surface area contributed by atoms with Crippen LogP contribution in [0.4, 0.5) is 0 Å². The number of unbranched alkanes of at least 4 members (excludes halogenated alkanes) is 6. The molecule has 36 heavy (non-hydrogen) atoms. The number of nitrogens with zero attached hydrogens (tertiary/aromatic N) is 1. The summed E-state index contributed by atoms with van der Waals surface area (Å²) in [6, 6.07) is 29.4. The van der Waals surface area contributed by atoms with Crippen LogP contribution in [0.15, 0.2) is 83.8 Å². The fraction of sp³-hybridized carbons (Fsp3) is 0.441. The van der Waals surface area contributed by atoms with Gasteiger partial charge in [-0.1, -0.05) is 126 Å². The molecule has 1 aliphatic rings.